The zero-order chi connectivity index (χ0) is 18.6. The van der Waals surface area contributed by atoms with Gasteiger partial charge < -0.3 is 15.0 Å². The first-order valence-corrected chi connectivity index (χ1v) is 9.75. The third-order valence-corrected chi connectivity index (χ3v) is 6.43. The van der Waals surface area contributed by atoms with Gasteiger partial charge in [-0.25, -0.2) is 0 Å². The van der Waals surface area contributed by atoms with Crippen molar-refractivity contribution < 1.29 is 19.1 Å². The minimum atomic E-state index is -0.588. The molecule has 4 heterocycles. The van der Waals surface area contributed by atoms with Gasteiger partial charge in [0.05, 0.1) is 6.54 Å². The Morgan fingerprint density at radius 3 is 2.61 bits per heavy atom. The summed E-state index contributed by atoms with van der Waals surface area (Å²) in [5, 5.41) is 5.74. The first kappa shape index (κ1) is 19.2. The molecule has 3 amide bonds. The monoisotopic (exact) mass is 405 g/mol. The molecule has 0 bridgehead atoms. The molecule has 2 fully saturated rings. The number of carbonyl (C=O) groups is 3. The molecule has 5 rings (SSSR count). The van der Waals surface area contributed by atoms with Crippen LogP contribution in [0.15, 0.2) is 12.1 Å². The largest absolute Gasteiger partial charge is 0.487 e. The lowest BCUT2D eigenvalue weighted by Gasteiger charge is -2.42. The highest BCUT2D eigenvalue weighted by atomic mass is 35.5. The Morgan fingerprint density at radius 2 is 1.86 bits per heavy atom. The lowest BCUT2D eigenvalue weighted by molar-refractivity contribution is -0.136. The molecule has 1 spiro atoms. The number of amides is 3. The second kappa shape index (κ2) is 7.04. The summed E-state index contributed by atoms with van der Waals surface area (Å²) in [7, 11) is 0. The van der Waals surface area contributed by atoms with E-state index >= 15 is 0 Å². The van der Waals surface area contributed by atoms with Gasteiger partial charge >= 0.3 is 0 Å². The molecule has 8 heteroatoms. The minimum Gasteiger partial charge on any atom is -0.487 e. The first-order chi connectivity index (χ1) is 13.1. The van der Waals surface area contributed by atoms with E-state index in [4.69, 9.17) is 4.74 Å². The Balaban J connectivity index is 0.00000192. The summed E-state index contributed by atoms with van der Waals surface area (Å²) in [6.07, 6.45) is 4.55. The van der Waals surface area contributed by atoms with Gasteiger partial charge in [0.1, 0.15) is 17.4 Å². The number of ether oxygens (including phenoxy) is 1. The lowest BCUT2D eigenvalue weighted by atomic mass is 9.83. The zero-order valence-electron chi connectivity index (χ0n) is 15.6. The van der Waals surface area contributed by atoms with E-state index in [9.17, 15) is 14.4 Å². The Labute approximate surface area is 169 Å². The molecule has 4 aliphatic heterocycles. The van der Waals surface area contributed by atoms with E-state index in [1.165, 1.54) is 0 Å². The number of nitrogens with zero attached hydrogens (tertiary/aromatic N) is 1. The predicted molar refractivity (Wildman–Crippen MR) is 104 cm³/mol. The standard InChI is InChI=1S/C20H23N3O4.ClH/c24-16-4-3-15(18(25)22-16)23-11-14-13(19(23)26)2-1-12-5-6-20(27-17(12)14)7-9-21-10-8-20;/h1-2,15,21H,3-11H2,(H,22,24,25);1H. The van der Waals surface area contributed by atoms with Crippen LogP contribution in [0, 0.1) is 0 Å². The van der Waals surface area contributed by atoms with E-state index in [1.54, 1.807) is 4.90 Å². The molecular formula is C20H24ClN3O4. The van der Waals surface area contributed by atoms with Crippen molar-refractivity contribution in [1.82, 2.24) is 15.5 Å². The van der Waals surface area contributed by atoms with Gasteiger partial charge in [-0.1, -0.05) is 6.07 Å². The number of benzene rings is 1. The van der Waals surface area contributed by atoms with Crippen LogP contribution in [0.1, 0.15) is 53.6 Å². The molecule has 0 saturated carbocycles. The highest BCUT2D eigenvalue weighted by molar-refractivity contribution is 6.05. The van der Waals surface area contributed by atoms with Crippen molar-refractivity contribution in [3.05, 3.63) is 28.8 Å². The third-order valence-electron chi connectivity index (χ3n) is 6.43. The molecule has 7 nitrogen and oxygen atoms in total. The summed E-state index contributed by atoms with van der Waals surface area (Å²) >= 11 is 0. The average Bonchev–Trinajstić information content (AvgIpc) is 3.00. The maximum Gasteiger partial charge on any atom is 0.255 e. The van der Waals surface area contributed by atoms with Gasteiger partial charge in [-0.15, -0.1) is 12.4 Å². The average molecular weight is 406 g/mol. The Bertz CT molecular complexity index is 850. The van der Waals surface area contributed by atoms with Crippen molar-refractivity contribution in [3.63, 3.8) is 0 Å². The van der Waals surface area contributed by atoms with Crippen LogP contribution in [-0.4, -0.2) is 47.4 Å². The molecule has 28 heavy (non-hydrogen) atoms. The van der Waals surface area contributed by atoms with Crippen LogP contribution in [0.4, 0.5) is 0 Å². The van der Waals surface area contributed by atoms with Crippen molar-refractivity contribution >= 4 is 30.1 Å². The molecule has 0 radical (unpaired) electrons. The fourth-order valence-electron chi connectivity index (χ4n) is 4.85. The molecule has 4 aliphatic rings. The third kappa shape index (κ3) is 2.97. The van der Waals surface area contributed by atoms with Crippen LogP contribution in [0.5, 0.6) is 5.75 Å². The van der Waals surface area contributed by atoms with Crippen molar-refractivity contribution in [2.24, 2.45) is 0 Å². The van der Waals surface area contributed by atoms with Crippen LogP contribution in [0.3, 0.4) is 0 Å². The van der Waals surface area contributed by atoms with Gasteiger partial charge in [0.25, 0.3) is 5.91 Å². The van der Waals surface area contributed by atoms with Crippen molar-refractivity contribution in [3.8, 4) is 5.75 Å². The molecular weight excluding hydrogens is 382 g/mol. The number of aryl methyl sites for hydroxylation is 1. The SMILES string of the molecule is Cl.O=C1CCC(N2Cc3c(ccc4c3OC3(CCNCC3)CC4)C2=O)C(=O)N1. The molecule has 0 aromatic heterocycles. The summed E-state index contributed by atoms with van der Waals surface area (Å²) in [6, 6.07) is 3.27. The normalized spacial score (nSPS) is 25.5. The van der Waals surface area contributed by atoms with Gasteiger partial charge in [0, 0.05) is 17.5 Å². The Kier molecular flexibility index (Phi) is 4.83. The number of halogens is 1. The Morgan fingerprint density at radius 1 is 1.07 bits per heavy atom. The summed E-state index contributed by atoms with van der Waals surface area (Å²) in [6.45, 7) is 2.27. The highest BCUT2D eigenvalue weighted by Crippen LogP contribution is 2.44. The smallest absolute Gasteiger partial charge is 0.255 e. The van der Waals surface area contributed by atoms with E-state index < -0.39 is 6.04 Å². The molecule has 1 unspecified atom stereocenters. The van der Waals surface area contributed by atoms with Crippen molar-refractivity contribution in [1.29, 1.82) is 0 Å². The van der Waals surface area contributed by atoms with Crippen molar-refractivity contribution in [2.45, 2.75) is 56.7 Å². The number of fused-ring (bicyclic) bond motifs is 3. The van der Waals surface area contributed by atoms with Gasteiger partial charge in [-0.05, 0) is 56.8 Å². The zero-order valence-corrected chi connectivity index (χ0v) is 16.4. The lowest BCUT2D eigenvalue weighted by Crippen LogP contribution is -2.52. The molecule has 1 atom stereocenters. The minimum absolute atomic E-state index is 0. The van der Waals surface area contributed by atoms with Crippen LogP contribution in [0.25, 0.3) is 0 Å². The highest BCUT2D eigenvalue weighted by Gasteiger charge is 2.44. The molecule has 2 saturated heterocycles. The molecule has 1 aromatic rings. The van der Waals surface area contributed by atoms with E-state index in [0.717, 1.165) is 55.6 Å². The molecule has 150 valence electrons. The van der Waals surface area contributed by atoms with Gasteiger partial charge in [0.2, 0.25) is 11.8 Å². The van der Waals surface area contributed by atoms with E-state index in [1.807, 2.05) is 12.1 Å². The molecule has 1 aromatic carbocycles. The first-order valence-electron chi connectivity index (χ1n) is 9.75. The summed E-state index contributed by atoms with van der Waals surface area (Å²) in [5.41, 5.74) is 2.54. The van der Waals surface area contributed by atoms with E-state index in [0.29, 0.717) is 18.5 Å². The fourth-order valence-corrected chi connectivity index (χ4v) is 4.85. The number of imide groups is 1. The van der Waals surface area contributed by atoms with Gasteiger partial charge in [-0.3, -0.25) is 19.7 Å². The van der Waals surface area contributed by atoms with E-state index in [-0.39, 0.29) is 42.2 Å². The predicted octanol–water partition coefficient (Wildman–Crippen LogP) is 1.32. The van der Waals surface area contributed by atoms with Crippen LogP contribution < -0.4 is 15.4 Å². The topological polar surface area (TPSA) is 87.7 Å². The van der Waals surface area contributed by atoms with Gasteiger partial charge in [-0.2, -0.15) is 0 Å². The van der Waals surface area contributed by atoms with Crippen LogP contribution >= 0.6 is 12.4 Å². The Hall–Kier alpha value is -2.12. The van der Waals surface area contributed by atoms with Gasteiger partial charge in [0.15, 0.2) is 0 Å². The number of carbonyl (C=O) groups excluding carboxylic acids is 3. The summed E-state index contributed by atoms with van der Waals surface area (Å²) in [5.74, 6) is 0.0608. The van der Waals surface area contributed by atoms with Crippen LogP contribution in [-0.2, 0) is 22.6 Å². The summed E-state index contributed by atoms with van der Waals surface area (Å²) < 4.78 is 6.56. The second-order valence-corrected chi connectivity index (χ2v) is 8.01. The van der Waals surface area contributed by atoms with Crippen LogP contribution in [0.2, 0.25) is 0 Å². The second-order valence-electron chi connectivity index (χ2n) is 8.01. The molecule has 0 aliphatic carbocycles. The van der Waals surface area contributed by atoms with Crippen molar-refractivity contribution in [2.75, 3.05) is 13.1 Å². The maximum absolute atomic E-state index is 13.0. The number of hydrogen-bond acceptors (Lipinski definition) is 5. The number of nitrogens with one attached hydrogen (secondary N) is 2. The quantitative estimate of drug-likeness (QED) is 0.688. The summed E-state index contributed by atoms with van der Waals surface area (Å²) in [4.78, 5) is 38.3. The molecule has 2 N–H and O–H groups in total. The fraction of sp³-hybridized carbons (Fsp3) is 0.550. The number of rotatable bonds is 1. The maximum atomic E-state index is 13.0. The number of piperidine rings is 2. The van der Waals surface area contributed by atoms with E-state index in [2.05, 4.69) is 10.6 Å². The number of hydrogen-bond donors (Lipinski definition) is 2.